The summed E-state index contributed by atoms with van der Waals surface area (Å²) in [6.07, 6.45) is 6.66. The van der Waals surface area contributed by atoms with Crippen LogP contribution in [-0.4, -0.2) is 20.9 Å². The maximum atomic E-state index is 12.3. The predicted octanol–water partition coefficient (Wildman–Crippen LogP) is 1.93. The number of hydrogen-bond acceptors (Lipinski definition) is 4. The fraction of sp³-hybridized carbons (Fsp3) is 0.0714. The third kappa shape index (κ3) is 2.46. The van der Waals surface area contributed by atoms with Crippen molar-refractivity contribution >= 4 is 29.3 Å². The zero-order valence-electron chi connectivity index (χ0n) is 10.4. The summed E-state index contributed by atoms with van der Waals surface area (Å²) in [6, 6.07) is 7.26. The Balaban J connectivity index is 1.82. The quantitative estimate of drug-likeness (QED) is 0.690. The van der Waals surface area contributed by atoms with E-state index >= 15 is 0 Å². The highest BCUT2D eigenvalue weighted by Crippen LogP contribution is 2.16. The minimum absolute atomic E-state index is 0.171. The predicted molar refractivity (Wildman–Crippen MR) is 77.2 cm³/mol. The molecule has 1 N–H and O–H groups in total. The molecule has 100 valence electrons. The van der Waals surface area contributed by atoms with Crippen LogP contribution in [0.3, 0.4) is 0 Å². The molecule has 1 fully saturated rings. The van der Waals surface area contributed by atoms with Crippen LogP contribution in [0.4, 0.5) is 0 Å². The summed E-state index contributed by atoms with van der Waals surface area (Å²) in [5, 5.41) is 3.29. The summed E-state index contributed by atoms with van der Waals surface area (Å²) in [5.41, 5.74) is 1.28. The average molecular weight is 285 g/mol. The van der Waals surface area contributed by atoms with Gasteiger partial charge in [-0.05, 0) is 42.1 Å². The minimum Gasteiger partial charge on any atom is -0.467 e. The first-order valence-corrected chi connectivity index (χ1v) is 6.42. The van der Waals surface area contributed by atoms with Crippen molar-refractivity contribution < 1.29 is 9.21 Å². The molecule has 0 atom stereocenters. The molecule has 1 saturated heterocycles. The summed E-state index contributed by atoms with van der Waals surface area (Å²) in [5.74, 6) is 0.514. The highest BCUT2D eigenvalue weighted by Gasteiger charge is 2.31. The van der Waals surface area contributed by atoms with Crippen LogP contribution in [0.2, 0.25) is 0 Å². The summed E-state index contributed by atoms with van der Waals surface area (Å²) in [6.45, 7) is 0.321. The molecule has 3 heterocycles. The Morgan fingerprint density at radius 2 is 2.30 bits per heavy atom. The Labute approximate surface area is 120 Å². The summed E-state index contributed by atoms with van der Waals surface area (Å²) >= 11 is 5.18. The highest BCUT2D eigenvalue weighted by atomic mass is 32.1. The number of aromatic nitrogens is 1. The van der Waals surface area contributed by atoms with Gasteiger partial charge in [0.25, 0.3) is 5.91 Å². The van der Waals surface area contributed by atoms with E-state index in [1.54, 1.807) is 36.9 Å². The molecule has 6 heteroatoms. The minimum atomic E-state index is -0.171. The lowest BCUT2D eigenvalue weighted by Gasteiger charge is -2.11. The van der Waals surface area contributed by atoms with Crippen molar-refractivity contribution in [3.8, 4) is 0 Å². The van der Waals surface area contributed by atoms with Crippen molar-refractivity contribution in [1.82, 2.24) is 15.2 Å². The zero-order chi connectivity index (χ0) is 13.9. The van der Waals surface area contributed by atoms with Gasteiger partial charge in [-0.2, -0.15) is 0 Å². The third-order valence-corrected chi connectivity index (χ3v) is 3.17. The average Bonchev–Trinajstić information content (AvgIpc) is 3.05. The van der Waals surface area contributed by atoms with E-state index in [1.165, 1.54) is 4.90 Å². The molecule has 1 aliphatic rings. The summed E-state index contributed by atoms with van der Waals surface area (Å²) < 4.78 is 5.23. The van der Waals surface area contributed by atoms with E-state index in [2.05, 4.69) is 10.3 Å². The molecule has 1 amide bonds. The number of hydrogen-bond donors (Lipinski definition) is 1. The second kappa shape index (κ2) is 5.26. The van der Waals surface area contributed by atoms with Crippen molar-refractivity contribution in [1.29, 1.82) is 0 Å². The van der Waals surface area contributed by atoms with E-state index in [4.69, 9.17) is 16.6 Å². The number of carbonyl (C=O) groups is 1. The summed E-state index contributed by atoms with van der Waals surface area (Å²) in [4.78, 5) is 17.8. The first-order valence-electron chi connectivity index (χ1n) is 6.01. The number of thiocarbonyl (C=S) groups is 1. The zero-order valence-corrected chi connectivity index (χ0v) is 11.3. The molecule has 0 bridgehead atoms. The Morgan fingerprint density at radius 1 is 1.40 bits per heavy atom. The molecular formula is C14H11N3O2S. The van der Waals surface area contributed by atoms with Crippen molar-refractivity contribution in [3.05, 3.63) is 59.9 Å². The molecule has 0 aromatic carbocycles. The third-order valence-electron chi connectivity index (χ3n) is 2.85. The molecule has 1 aliphatic heterocycles. The van der Waals surface area contributed by atoms with Gasteiger partial charge in [0, 0.05) is 12.4 Å². The molecule has 2 aromatic rings. The van der Waals surface area contributed by atoms with Crippen LogP contribution >= 0.6 is 12.2 Å². The molecule has 0 saturated carbocycles. The Hall–Kier alpha value is -2.47. The lowest BCUT2D eigenvalue weighted by atomic mass is 10.2. The van der Waals surface area contributed by atoms with Gasteiger partial charge >= 0.3 is 0 Å². The monoisotopic (exact) mass is 285 g/mol. The number of carbonyl (C=O) groups excluding carboxylic acids is 1. The van der Waals surface area contributed by atoms with Crippen molar-refractivity contribution in [2.24, 2.45) is 0 Å². The Kier molecular flexibility index (Phi) is 3.30. The van der Waals surface area contributed by atoms with Gasteiger partial charge in [-0.1, -0.05) is 6.07 Å². The van der Waals surface area contributed by atoms with E-state index in [-0.39, 0.29) is 5.91 Å². The number of amides is 1. The number of nitrogens with zero attached hydrogens (tertiary/aromatic N) is 2. The second-order valence-electron chi connectivity index (χ2n) is 4.25. The van der Waals surface area contributed by atoms with Gasteiger partial charge in [-0.25, -0.2) is 0 Å². The van der Waals surface area contributed by atoms with Crippen molar-refractivity contribution in [3.63, 3.8) is 0 Å². The van der Waals surface area contributed by atoms with Gasteiger partial charge in [-0.15, -0.1) is 0 Å². The molecule has 0 unspecified atom stereocenters. The first kappa shape index (κ1) is 12.6. The lowest BCUT2D eigenvalue weighted by Crippen LogP contribution is -2.29. The van der Waals surface area contributed by atoms with Gasteiger partial charge in [0.1, 0.15) is 11.5 Å². The molecule has 0 spiro atoms. The van der Waals surface area contributed by atoms with Gasteiger partial charge in [-0.3, -0.25) is 14.7 Å². The van der Waals surface area contributed by atoms with Crippen LogP contribution in [0.1, 0.15) is 11.3 Å². The van der Waals surface area contributed by atoms with Gasteiger partial charge < -0.3 is 9.73 Å². The Bertz CT molecular complexity index is 665. The maximum Gasteiger partial charge on any atom is 0.276 e. The molecule has 0 radical (unpaired) electrons. The molecule has 0 aliphatic carbocycles. The van der Waals surface area contributed by atoms with Gasteiger partial charge in [0.2, 0.25) is 0 Å². The summed E-state index contributed by atoms with van der Waals surface area (Å²) in [7, 11) is 0. The van der Waals surface area contributed by atoms with E-state index in [9.17, 15) is 4.79 Å². The van der Waals surface area contributed by atoms with Crippen LogP contribution < -0.4 is 5.32 Å². The number of furan rings is 1. The SMILES string of the molecule is O=C1/C(=C\c2cccnc2)NC(=S)N1Cc1ccco1. The van der Waals surface area contributed by atoms with E-state index in [1.807, 2.05) is 12.1 Å². The fourth-order valence-electron chi connectivity index (χ4n) is 1.90. The standard InChI is InChI=1S/C14H11N3O2S/c18-13-12(7-10-3-1-5-15-8-10)16-14(20)17(13)9-11-4-2-6-19-11/h1-8H,9H2,(H,16,20)/b12-7+. The first-order chi connectivity index (χ1) is 9.74. The van der Waals surface area contributed by atoms with E-state index < -0.39 is 0 Å². The van der Waals surface area contributed by atoms with Crippen LogP contribution in [-0.2, 0) is 11.3 Å². The van der Waals surface area contributed by atoms with Crippen LogP contribution in [0.5, 0.6) is 0 Å². The largest absolute Gasteiger partial charge is 0.467 e. The normalized spacial score (nSPS) is 16.8. The van der Waals surface area contributed by atoms with Crippen LogP contribution in [0, 0.1) is 0 Å². The highest BCUT2D eigenvalue weighted by molar-refractivity contribution is 7.80. The van der Waals surface area contributed by atoms with Crippen molar-refractivity contribution in [2.75, 3.05) is 0 Å². The lowest BCUT2D eigenvalue weighted by molar-refractivity contribution is -0.122. The molecule has 20 heavy (non-hydrogen) atoms. The Morgan fingerprint density at radius 3 is 3.00 bits per heavy atom. The van der Waals surface area contributed by atoms with E-state index in [0.717, 1.165) is 5.56 Å². The van der Waals surface area contributed by atoms with Crippen molar-refractivity contribution in [2.45, 2.75) is 6.54 Å². The van der Waals surface area contributed by atoms with Gasteiger partial charge in [0.05, 0.1) is 12.8 Å². The topological polar surface area (TPSA) is 58.4 Å². The molecule has 2 aromatic heterocycles. The maximum absolute atomic E-state index is 12.3. The molecule has 3 rings (SSSR count). The number of rotatable bonds is 3. The fourth-order valence-corrected chi connectivity index (χ4v) is 2.16. The number of nitrogens with one attached hydrogen (secondary N) is 1. The van der Waals surface area contributed by atoms with Crippen LogP contribution in [0.25, 0.3) is 6.08 Å². The smallest absolute Gasteiger partial charge is 0.276 e. The van der Waals surface area contributed by atoms with Crippen LogP contribution in [0.15, 0.2) is 53.0 Å². The van der Waals surface area contributed by atoms with E-state index in [0.29, 0.717) is 23.1 Å². The molecule has 5 nitrogen and oxygen atoms in total. The van der Waals surface area contributed by atoms with Gasteiger partial charge in [0.15, 0.2) is 5.11 Å². The number of pyridine rings is 1. The molecular weight excluding hydrogens is 274 g/mol. The second-order valence-corrected chi connectivity index (χ2v) is 4.63.